The van der Waals surface area contributed by atoms with Crippen molar-refractivity contribution < 1.29 is 14.6 Å². The summed E-state index contributed by atoms with van der Waals surface area (Å²) in [6.07, 6.45) is 1.38. The number of carbonyl (C=O) groups is 1. The number of ether oxygens (including phenoxy) is 1. The van der Waals surface area contributed by atoms with Gasteiger partial charge in [-0.15, -0.1) is 5.10 Å². The van der Waals surface area contributed by atoms with E-state index >= 15 is 0 Å². The maximum atomic E-state index is 10.9. The van der Waals surface area contributed by atoms with Crippen molar-refractivity contribution in [3.8, 4) is 17.7 Å². The summed E-state index contributed by atoms with van der Waals surface area (Å²) in [5, 5.41) is 25.2. The predicted molar refractivity (Wildman–Crippen MR) is 72.9 cm³/mol. The first-order chi connectivity index (χ1) is 9.11. The highest BCUT2D eigenvalue weighted by Crippen LogP contribution is 2.28. The Hall–Kier alpha value is -2.21. The van der Waals surface area contributed by atoms with Crippen molar-refractivity contribution >= 4 is 28.6 Å². The number of aromatic carboxylic acids is 1. The van der Waals surface area contributed by atoms with E-state index in [4.69, 9.17) is 15.1 Å². The van der Waals surface area contributed by atoms with Crippen LogP contribution in [0.15, 0.2) is 30.5 Å². The Balaban J connectivity index is 2.41. The van der Waals surface area contributed by atoms with Crippen LogP contribution < -0.4 is 4.74 Å². The second-order valence-corrected chi connectivity index (χ2v) is 4.58. The van der Waals surface area contributed by atoms with Gasteiger partial charge in [0, 0.05) is 0 Å². The van der Waals surface area contributed by atoms with Crippen LogP contribution in [0.4, 0.5) is 0 Å². The van der Waals surface area contributed by atoms with E-state index < -0.39 is 5.97 Å². The first-order valence-corrected chi connectivity index (χ1v) is 6.12. The van der Waals surface area contributed by atoms with Crippen LogP contribution in [0.5, 0.6) is 11.6 Å². The molecule has 1 heterocycles. The molecule has 0 aliphatic heterocycles. The molecular weight excluding hydrogens is 361 g/mol. The minimum atomic E-state index is -1.05. The Morgan fingerprint density at radius 3 is 2.89 bits per heavy atom. The second kappa shape index (κ2) is 5.62. The first kappa shape index (κ1) is 13.2. The van der Waals surface area contributed by atoms with Gasteiger partial charge in [-0.3, -0.25) is 0 Å². The SMILES string of the molecule is N#Cc1ccnnc1Oc1cc(C(=O)O)ccc1I. The topological polar surface area (TPSA) is 96.1 Å². The lowest BCUT2D eigenvalue weighted by Gasteiger charge is -2.08. The maximum absolute atomic E-state index is 10.9. The Bertz CT molecular complexity index is 682. The van der Waals surface area contributed by atoms with Crippen LogP contribution in [-0.4, -0.2) is 21.3 Å². The molecule has 2 aromatic rings. The summed E-state index contributed by atoms with van der Waals surface area (Å²) in [7, 11) is 0. The smallest absolute Gasteiger partial charge is 0.335 e. The number of carboxylic acid groups (broad SMARTS) is 1. The van der Waals surface area contributed by atoms with E-state index in [1.54, 1.807) is 6.07 Å². The fourth-order valence-corrected chi connectivity index (χ4v) is 1.74. The molecule has 1 aromatic heterocycles. The van der Waals surface area contributed by atoms with Crippen molar-refractivity contribution in [3.05, 3.63) is 45.2 Å². The molecular formula is C12H6IN3O3. The number of nitrogens with zero attached hydrogens (tertiary/aromatic N) is 3. The van der Waals surface area contributed by atoms with Gasteiger partial charge in [0.1, 0.15) is 17.4 Å². The Kier molecular flexibility index (Phi) is 3.91. The predicted octanol–water partition coefficient (Wildman–Crippen LogP) is 2.44. The van der Waals surface area contributed by atoms with E-state index in [-0.39, 0.29) is 17.0 Å². The molecule has 0 fully saturated rings. The largest absolute Gasteiger partial charge is 0.478 e. The zero-order valence-corrected chi connectivity index (χ0v) is 11.5. The van der Waals surface area contributed by atoms with Crippen LogP contribution >= 0.6 is 22.6 Å². The number of carboxylic acids is 1. The molecule has 0 unspecified atom stereocenters. The average Bonchev–Trinajstić information content (AvgIpc) is 2.41. The molecule has 0 saturated carbocycles. The standard InChI is InChI=1S/C12H6IN3O3/c13-9-2-1-7(12(17)18)5-10(9)19-11-8(6-14)3-4-15-16-11/h1-5H,(H,17,18). The van der Waals surface area contributed by atoms with Crippen LogP contribution in [0.25, 0.3) is 0 Å². The molecule has 0 amide bonds. The summed E-state index contributed by atoms with van der Waals surface area (Å²) in [6, 6.07) is 7.85. The van der Waals surface area contributed by atoms with Gasteiger partial charge in [-0.25, -0.2) is 4.79 Å². The van der Waals surface area contributed by atoms with Gasteiger partial charge in [0.25, 0.3) is 5.88 Å². The number of halogens is 1. The Morgan fingerprint density at radius 2 is 2.21 bits per heavy atom. The van der Waals surface area contributed by atoms with Gasteiger partial charge < -0.3 is 9.84 Å². The Labute approximate surface area is 121 Å². The van der Waals surface area contributed by atoms with Gasteiger partial charge in [-0.1, -0.05) is 0 Å². The molecule has 0 radical (unpaired) electrons. The maximum Gasteiger partial charge on any atom is 0.335 e. The van der Waals surface area contributed by atoms with Crippen molar-refractivity contribution in [1.82, 2.24) is 10.2 Å². The molecule has 6 nitrogen and oxygen atoms in total. The molecule has 0 bridgehead atoms. The molecule has 0 aliphatic carbocycles. The van der Waals surface area contributed by atoms with Crippen molar-refractivity contribution in [3.63, 3.8) is 0 Å². The molecule has 7 heteroatoms. The van der Waals surface area contributed by atoms with Crippen LogP contribution in [0, 0.1) is 14.9 Å². The lowest BCUT2D eigenvalue weighted by Crippen LogP contribution is -1.99. The molecule has 2 rings (SSSR count). The van der Waals surface area contributed by atoms with Gasteiger partial charge in [0.15, 0.2) is 0 Å². The molecule has 1 aromatic carbocycles. The lowest BCUT2D eigenvalue weighted by molar-refractivity contribution is 0.0696. The quantitative estimate of drug-likeness (QED) is 0.838. The van der Waals surface area contributed by atoms with Crippen LogP contribution in [0.1, 0.15) is 15.9 Å². The highest BCUT2D eigenvalue weighted by Gasteiger charge is 2.12. The fraction of sp³-hybridized carbons (Fsp3) is 0. The lowest BCUT2D eigenvalue weighted by atomic mass is 10.2. The summed E-state index contributed by atoms with van der Waals surface area (Å²) in [5.74, 6) is -0.691. The Morgan fingerprint density at radius 1 is 1.42 bits per heavy atom. The van der Waals surface area contributed by atoms with Crippen LogP contribution in [-0.2, 0) is 0 Å². The summed E-state index contributed by atoms with van der Waals surface area (Å²) in [4.78, 5) is 10.9. The van der Waals surface area contributed by atoms with E-state index in [9.17, 15) is 4.79 Å². The summed E-state index contributed by atoms with van der Waals surface area (Å²) < 4.78 is 6.16. The summed E-state index contributed by atoms with van der Waals surface area (Å²) in [5.41, 5.74) is 0.323. The number of nitriles is 1. The molecule has 0 aliphatic rings. The third kappa shape index (κ3) is 2.97. The molecule has 19 heavy (non-hydrogen) atoms. The minimum Gasteiger partial charge on any atom is -0.478 e. The minimum absolute atomic E-state index is 0.0467. The first-order valence-electron chi connectivity index (χ1n) is 5.04. The van der Waals surface area contributed by atoms with Gasteiger partial charge in [0.2, 0.25) is 0 Å². The number of hydrogen-bond donors (Lipinski definition) is 1. The van der Waals surface area contributed by atoms with Gasteiger partial charge in [-0.05, 0) is 46.9 Å². The number of hydrogen-bond acceptors (Lipinski definition) is 5. The third-order valence-electron chi connectivity index (χ3n) is 2.19. The average molecular weight is 367 g/mol. The molecule has 1 N–H and O–H groups in total. The number of rotatable bonds is 3. The van der Waals surface area contributed by atoms with Gasteiger partial charge in [0.05, 0.1) is 15.3 Å². The fourth-order valence-electron chi connectivity index (χ4n) is 1.30. The highest BCUT2D eigenvalue weighted by molar-refractivity contribution is 14.1. The summed E-state index contributed by atoms with van der Waals surface area (Å²) >= 11 is 2.00. The highest BCUT2D eigenvalue weighted by atomic mass is 127. The van der Waals surface area contributed by atoms with Crippen molar-refractivity contribution in [2.24, 2.45) is 0 Å². The molecule has 94 valence electrons. The summed E-state index contributed by atoms with van der Waals surface area (Å²) in [6.45, 7) is 0. The molecule has 0 atom stereocenters. The van der Waals surface area contributed by atoms with Crippen molar-refractivity contribution in [1.29, 1.82) is 5.26 Å². The van der Waals surface area contributed by atoms with E-state index in [0.29, 0.717) is 9.32 Å². The zero-order valence-electron chi connectivity index (χ0n) is 9.37. The third-order valence-corrected chi connectivity index (χ3v) is 3.08. The molecule has 0 saturated heterocycles. The number of benzene rings is 1. The number of aromatic nitrogens is 2. The second-order valence-electron chi connectivity index (χ2n) is 3.41. The van der Waals surface area contributed by atoms with Gasteiger partial charge >= 0.3 is 5.97 Å². The van der Waals surface area contributed by atoms with Crippen LogP contribution in [0.3, 0.4) is 0 Å². The van der Waals surface area contributed by atoms with Crippen molar-refractivity contribution in [2.45, 2.75) is 0 Å². The van der Waals surface area contributed by atoms with Crippen molar-refractivity contribution in [2.75, 3.05) is 0 Å². The van der Waals surface area contributed by atoms with E-state index in [1.807, 2.05) is 28.7 Å². The van der Waals surface area contributed by atoms with Crippen LogP contribution in [0.2, 0.25) is 0 Å². The van der Waals surface area contributed by atoms with E-state index in [0.717, 1.165) is 0 Å². The normalized spacial score (nSPS) is 9.68. The van der Waals surface area contributed by atoms with E-state index in [1.165, 1.54) is 24.4 Å². The van der Waals surface area contributed by atoms with Gasteiger partial charge in [-0.2, -0.15) is 10.4 Å². The molecule has 0 spiro atoms. The van der Waals surface area contributed by atoms with E-state index in [2.05, 4.69) is 10.2 Å². The zero-order chi connectivity index (χ0) is 13.8. The monoisotopic (exact) mass is 367 g/mol.